The molecular formula is C13H13FN4. The third kappa shape index (κ3) is 2.55. The predicted molar refractivity (Wildman–Crippen MR) is 65.2 cm³/mol. The lowest BCUT2D eigenvalue weighted by molar-refractivity contribution is 0.621. The van der Waals surface area contributed by atoms with Crippen LogP contribution in [0.1, 0.15) is 17.0 Å². The third-order valence-electron chi connectivity index (χ3n) is 2.70. The van der Waals surface area contributed by atoms with E-state index in [-0.39, 0.29) is 5.82 Å². The van der Waals surface area contributed by atoms with Gasteiger partial charge in [-0.2, -0.15) is 5.26 Å². The van der Waals surface area contributed by atoms with E-state index in [4.69, 9.17) is 11.0 Å². The van der Waals surface area contributed by atoms with Gasteiger partial charge in [0.2, 0.25) is 0 Å². The van der Waals surface area contributed by atoms with Crippen LogP contribution in [0, 0.1) is 17.1 Å². The maximum Gasteiger partial charge on any atom is 0.123 e. The summed E-state index contributed by atoms with van der Waals surface area (Å²) in [6.45, 7) is 0.932. The van der Waals surface area contributed by atoms with Gasteiger partial charge in [0.25, 0.3) is 0 Å². The molecule has 0 unspecified atom stereocenters. The highest BCUT2D eigenvalue weighted by Gasteiger charge is 2.07. The van der Waals surface area contributed by atoms with Crippen LogP contribution < -0.4 is 5.73 Å². The SMILES string of the molecule is N#Cc1ccc(F)cc1Cn1ccnc1CCN. The molecule has 2 rings (SSSR count). The van der Waals surface area contributed by atoms with E-state index < -0.39 is 0 Å². The van der Waals surface area contributed by atoms with Crippen LogP contribution in [0.15, 0.2) is 30.6 Å². The number of aromatic nitrogens is 2. The Hall–Kier alpha value is -2.19. The van der Waals surface area contributed by atoms with E-state index in [1.54, 1.807) is 12.4 Å². The van der Waals surface area contributed by atoms with Gasteiger partial charge in [-0.3, -0.25) is 0 Å². The Morgan fingerprint density at radius 1 is 1.44 bits per heavy atom. The fraction of sp³-hybridized carbons (Fsp3) is 0.231. The molecule has 2 N–H and O–H groups in total. The molecule has 5 heteroatoms. The summed E-state index contributed by atoms with van der Waals surface area (Å²) in [5.41, 5.74) is 6.62. The van der Waals surface area contributed by atoms with Gasteiger partial charge in [0.1, 0.15) is 11.6 Å². The van der Waals surface area contributed by atoms with Crippen molar-refractivity contribution in [2.75, 3.05) is 6.54 Å². The lowest BCUT2D eigenvalue weighted by Gasteiger charge is -2.08. The largest absolute Gasteiger partial charge is 0.330 e. The average molecular weight is 244 g/mol. The number of hydrogen-bond acceptors (Lipinski definition) is 3. The smallest absolute Gasteiger partial charge is 0.123 e. The lowest BCUT2D eigenvalue weighted by atomic mass is 10.1. The van der Waals surface area contributed by atoms with Crippen molar-refractivity contribution >= 4 is 0 Å². The summed E-state index contributed by atoms with van der Waals surface area (Å²) in [6, 6.07) is 6.22. The van der Waals surface area contributed by atoms with Crippen LogP contribution in [0.2, 0.25) is 0 Å². The summed E-state index contributed by atoms with van der Waals surface area (Å²) in [6.07, 6.45) is 4.14. The van der Waals surface area contributed by atoms with Gasteiger partial charge in [-0.1, -0.05) is 0 Å². The molecule has 0 spiro atoms. The van der Waals surface area contributed by atoms with Crippen LogP contribution in [0.4, 0.5) is 4.39 Å². The van der Waals surface area contributed by atoms with Gasteiger partial charge in [0, 0.05) is 18.8 Å². The Morgan fingerprint density at radius 2 is 2.28 bits per heavy atom. The number of hydrogen-bond donors (Lipinski definition) is 1. The molecule has 0 bridgehead atoms. The van der Waals surface area contributed by atoms with E-state index in [0.29, 0.717) is 30.6 Å². The summed E-state index contributed by atoms with van der Waals surface area (Å²) >= 11 is 0. The van der Waals surface area contributed by atoms with Gasteiger partial charge in [-0.05, 0) is 30.3 Å². The second kappa shape index (κ2) is 5.43. The maximum atomic E-state index is 13.2. The summed E-state index contributed by atoms with van der Waals surface area (Å²) in [5, 5.41) is 8.99. The van der Waals surface area contributed by atoms with Crippen molar-refractivity contribution in [3.05, 3.63) is 53.4 Å². The molecule has 0 amide bonds. The standard InChI is InChI=1S/C13H13FN4/c14-12-2-1-10(8-16)11(7-12)9-18-6-5-17-13(18)3-4-15/h1-2,5-7H,3-4,9,15H2. The minimum Gasteiger partial charge on any atom is -0.330 e. The molecule has 0 radical (unpaired) electrons. The Balaban J connectivity index is 2.31. The second-order valence-corrected chi connectivity index (χ2v) is 3.92. The number of rotatable bonds is 4. The molecule has 0 fully saturated rings. The van der Waals surface area contributed by atoms with E-state index in [2.05, 4.69) is 11.1 Å². The van der Waals surface area contributed by atoms with Crippen LogP contribution in [0.25, 0.3) is 0 Å². The summed E-state index contributed by atoms with van der Waals surface area (Å²) in [7, 11) is 0. The molecule has 0 aliphatic carbocycles. The monoisotopic (exact) mass is 244 g/mol. The fourth-order valence-electron chi connectivity index (χ4n) is 1.83. The normalized spacial score (nSPS) is 10.3. The van der Waals surface area contributed by atoms with Crippen LogP contribution >= 0.6 is 0 Å². The zero-order valence-corrected chi connectivity index (χ0v) is 9.81. The molecule has 0 saturated heterocycles. The molecule has 1 heterocycles. The fourth-order valence-corrected chi connectivity index (χ4v) is 1.83. The van der Waals surface area contributed by atoms with Crippen molar-refractivity contribution in [2.45, 2.75) is 13.0 Å². The van der Waals surface area contributed by atoms with Gasteiger partial charge >= 0.3 is 0 Å². The Bertz CT molecular complexity index is 583. The molecule has 1 aromatic carbocycles. The average Bonchev–Trinajstić information content (AvgIpc) is 2.78. The van der Waals surface area contributed by atoms with Crippen LogP contribution in [-0.2, 0) is 13.0 Å². The molecule has 0 aliphatic heterocycles. The molecule has 0 atom stereocenters. The van der Waals surface area contributed by atoms with Crippen molar-refractivity contribution in [1.82, 2.24) is 9.55 Å². The van der Waals surface area contributed by atoms with Gasteiger partial charge < -0.3 is 10.3 Å². The van der Waals surface area contributed by atoms with Gasteiger partial charge in [-0.15, -0.1) is 0 Å². The highest BCUT2D eigenvalue weighted by Crippen LogP contribution is 2.13. The van der Waals surface area contributed by atoms with E-state index in [1.807, 2.05) is 4.57 Å². The predicted octanol–water partition coefficient (Wildman–Crippen LogP) is 1.44. The van der Waals surface area contributed by atoms with Crippen LogP contribution in [-0.4, -0.2) is 16.1 Å². The molecule has 0 saturated carbocycles. The first kappa shape index (κ1) is 12.3. The molecule has 0 aliphatic rings. The zero-order chi connectivity index (χ0) is 13.0. The van der Waals surface area contributed by atoms with Gasteiger partial charge in [0.15, 0.2) is 0 Å². The second-order valence-electron chi connectivity index (χ2n) is 3.92. The quantitative estimate of drug-likeness (QED) is 0.885. The first-order valence-electron chi connectivity index (χ1n) is 5.63. The molecule has 2 aromatic rings. The van der Waals surface area contributed by atoms with Crippen molar-refractivity contribution in [2.24, 2.45) is 5.73 Å². The summed E-state index contributed by atoms with van der Waals surface area (Å²) in [5.74, 6) is 0.496. The van der Waals surface area contributed by atoms with Crippen molar-refractivity contribution in [1.29, 1.82) is 5.26 Å². The number of imidazole rings is 1. The van der Waals surface area contributed by atoms with Crippen molar-refractivity contribution in [3.8, 4) is 6.07 Å². The van der Waals surface area contributed by atoms with Gasteiger partial charge in [-0.25, -0.2) is 9.37 Å². The number of nitriles is 1. The molecule has 4 nitrogen and oxygen atoms in total. The molecule has 92 valence electrons. The lowest BCUT2D eigenvalue weighted by Crippen LogP contribution is -2.11. The van der Waals surface area contributed by atoms with E-state index in [0.717, 1.165) is 5.82 Å². The number of nitrogens with zero attached hydrogens (tertiary/aromatic N) is 3. The number of halogens is 1. The first-order chi connectivity index (χ1) is 8.74. The third-order valence-corrected chi connectivity index (χ3v) is 2.70. The topological polar surface area (TPSA) is 67.6 Å². The Morgan fingerprint density at radius 3 is 3.00 bits per heavy atom. The number of benzene rings is 1. The van der Waals surface area contributed by atoms with Crippen molar-refractivity contribution < 1.29 is 4.39 Å². The van der Waals surface area contributed by atoms with E-state index in [9.17, 15) is 4.39 Å². The Kier molecular flexibility index (Phi) is 3.70. The summed E-state index contributed by atoms with van der Waals surface area (Å²) < 4.78 is 15.1. The van der Waals surface area contributed by atoms with Crippen molar-refractivity contribution in [3.63, 3.8) is 0 Å². The first-order valence-corrected chi connectivity index (χ1v) is 5.63. The molecule has 1 aromatic heterocycles. The Labute approximate surface area is 104 Å². The molecular weight excluding hydrogens is 231 g/mol. The highest BCUT2D eigenvalue weighted by atomic mass is 19.1. The van der Waals surface area contributed by atoms with E-state index in [1.165, 1.54) is 18.2 Å². The van der Waals surface area contributed by atoms with Crippen LogP contribution in [0.5, 0.6) is 0 Å². The molecule has 18 heavy (non-hydrogen) atoms. The minimum absolute atomic E-state index is 0.343. The maximum absolute atomic E-state index is 13.2. The number of nitrogens with two attached hydrogens (primary N) is 1. The zero-order valence-electron chi connectivity index (χ0n) is 9.81. The van der Waals surface area contributed by atoms with Crippen LogP contribution in [0.3, 0.4) is 0 Å². The highest BCUT2D eigenvalue weighted by molar-refractivity contribution is 5.38. The summed E-state index contributed by atoms with van der Waals surface area (Å²) in [4.78, 5) is 4.19. The van der Waals surface area contributed by atoms with Gasteiger partial charge in [0.05, 0.1) is 18.2 Å². The minimum atomic E-state index is -0.343. The van der Waals surface area contributed by atoms with E-state index >= 15 is 0 Å².